The Balaban J connectivity index is 1.97. The van der Waals surface area contributed by atoms with Crippen molar-refractivity contribution in [1.29, 1.82) is 0 Å². The quantitative estimate of drug-likeness (QED) is 0.473. The maximum Gasteiger partial charge on any atom is 0.151 e. The number of ether oxygens (including phenoxy) is 1. The minimum absolute atomic E-state index is 0.854. The maximum absolute atomic E-state index is 6.04. The van der Waals surface area contributed by atoms with Gasteiger partial charge in [-0.25, -0.2) is 0 Å². The van der Waals surface area contributed by atoms with Crippen LogP contribution in [0.25, 0.3) is 0 Å². The van der Waals surface area contributed by atoms with E-state index in [1.165, 1.54) is 5.56 Å². The smallest absolute Gasteiger partial charge is 0.151 e. The van der Waals surface area contributed by atoms with Crippen LogP contribution in [0.3, 0.4) is 0 Å². The number of anilines is 3. The van der Waals surface area contributed by atoms with E-state index in [0.717, 1.165) is 28.6 Å². The summed E-state index contributed by atoms with van der Waals surface area (Å²) in [6.45, 7) is 2.07. The first-order valence-electron chi connectivity index (χ1n) is 6.89. The predicted molar refractivity (Wildman–Crippen MR) is 83.6 cm³/mol. The van der Waals surface area contributed by atoms with Crippen LogP contribution in [0.4, 0.5) is 17.1 Å². The van der Waals surface area contributed by atoms with Crippen molar-refractivity contribution in [2.45, 2.75) is 6.92 Å². The van der Waals surface area contributed by atoms with Gasteiger partial charge >= 0.3 is 0 Å². The number of hydrogen-bond acceptors (Lipinski definition) is 2. The summed E-state index contributed by atoms with van der Waals surface area (Å²) in [4.78, 5) is 2.16. The number of rotatable bonds is 1. The van der Waals surface area contributed by atoms with E-state index in [-0.39, 0.29) is 0 Å². The van der Waals surface area contributed by atoms with Crippen LogP contribution in [0.5, 0.6) is 11.5 Å². The first-order valence-corrected chi connectivity index (χ1v) is 6.89. The third kappa shape index (κ3) is 1.91. The number of nitrogens with zero attached hydrogens (tertiary/aromatic N) is 1. The van der Waals surface area contributed by atoms with Gasteiger partial charge in [-0.1, -0.05) is 30.3 Å². The standard InChI is InChI=1S/C19H13NO/c1-14-11-12-17-19(13-14)21-18-10-6-5-9-16(18)20(17)15-7-3-2-4-8-15/h2-3,5-7,9-13H,1H3. The van der Waals surface area contributed by atoms with Crippen LogP contribution in [-0.4, -0.2) is 0 Å². The highest BCUT2D eigenvalue weighted by molar-refractivity contribution is 5.85. The van der Waals surface area contributed by atoms with Crippen LogP contribution < -0.4 is 9.64 Å². The summed E-state index contributed by atoms with van der Waals surface area (Å²) in [5.41, 5.74) is 4.18. The number of aryl methyl sites for hydroxylation is 1. The molecule has 0 saturated heterocycles. The van der Waals surface area contributed by atoms with Crippen LogP contribution in [0, 0.1) is 19.1 Å². The van der Waals surface area contributed by atoms with E-state index >= 15 is 0 Å². The molecule has 0 saturated carbocycles. The Bertz CT molecular complexity index is 796. The van der Waals surface area contributed by atoms with Crippen molar-refractivity contribution in [1.82, 2.24) is 0 Å². The average molecular weight is 271 g/mol. The SMILES string of the molecule is Cc1ccc2c(c1)Oc1ccccc1N2c1c#cccc1. The second-order valence-corrected chi connectivity index (χ2v) is 5.06. The highest BCUT2D eigenvalue weighted by Gasteiger charge is 2.25. The van der Waals surface area contributed by atoms with E-state index in [0.29, 0.717) is 0 Å². The maximum atomic E-state index is 6.04. The van der Waals surface area contributed by atoms with Gasteiger partial charge in [0.15, 0.2) is 11.5 Å². The fourth-order valence-electron chi connectivity index (χ4n) is 2.60. The topological polar surface area (TPSA) is 12.5 Å². The summed E-state index contributed by atoms with van der Waals surface area (Å²) < 4.78 is 6.04. The molecule has 0 bridgehead atoms. The van der Waals surface area contributed by atoms with Crippen LogP contribution in [0.15, 0.2) is 60.7 Å². The first-order chi connectivity index (χ1) is 10.3. The molecule has 2 nitrogen and oxygen atoms in total. The van der Waals surface area contributed by atoms with Crippen LogP contribution in [-0.2, 0) is 0 Å². The molecule has 1 heterocycles. The third-order valence-corrected chi connectivity index (χ3v) is 3.56. The van der Waals surface area contributed by atoms with Crippen molar-refractivity contribution < 1.29 is 4.74 Å². The average Bonchev–Trinajstić information content (AvgIpc) is 2.53. The number of para-hydroxylation sites is 2. The molecule has 2 heteroatoms. The second-order valence-electron chi connectivity index (χ2n) is 5.06. The van der Waals surface area contributed by atoms with Gasteiger partial charge in [0, 0.05) is 0 Å². The van der Waals surface area contributed by atoms with Crippen molar-refractivity contribution in [2.24, 2.45) is 0 Å². The minimum Gasteiger partial charge on any atom is -0.453 e. The molecule has 100 valence electrons. The second kappa shape index (κ2) is 4.57. The van der Waals surface area contributed by atoms with E-state index < -0.39 is 0 Å². The Hall–Kier alpha value is -2.92. The van der Waals surface area contributed by atoms with E-state index in [1.807, 2.05) is 36.4 Å². The summed E-state index contributed by atoms with van der Waals surface area (Å²) >= 11 is 0. The molecule has 0 fully saturated rings. The molecule has 0 radical (unpaired) electrons. The lowest BCUT2D eigenvalue weighted by atomic mass is 10.1. The molecular weight excluding hydrogens is 258 g/mol. The fraction of sp³-hybridized carbons (Fsp3) is 0.0526. The minimum atomic E-state index is 0.854. The van der Waals surface area contributed by atoms with Crippen LogP contribution >= 0.6 is 0 Å². The highest BCUT2D eigenvalue weighted by atomic mass is 16.5. The molecule has 0 aromatic heterocycles. The molecule has 21 heavy (non-hydrogen) atoms. The van der Waals surface area contributed by atoms with Gasteiger partial charge in [-0.2, -0.15) is 0 Å². The molecule has 3 aromatic rings. The molecule has 0 aliphatic carbocycles. The van der Waals surface area contributed by atoms with Crippen molar-refractivity contribution in [3.05, 3.63) is 78.4 Å². The number of benzene rings is 2. The van der Waals surface area contributed by atoms with E-state index in [4.69, 9.17) is 4.74 Å². The van der Waals surface area contributed by atoms with Gasteiger partial charge in [0.05, 0.1) is 17.1 Å². The molecule has 0 unspecified atom stereocenters. The summed E-state index contributed by atoms with van der Waals surface area (Å²) in [5.74, 6) is 1.72. The van der Waals surface area contributed by atoms with E-state index in [2.05, 4.69) is 48.2 Å². The van der Waals surface area contributed by atoms with Crippen LogP contribution in [0.2, 0.25) is 0 Å². The number of fused-ring (bicyclic) bond motifs is 2. The molecule has 1 aliphatic heterocycles. The lowest BCUT2D eigenvalue weighted by Gasteiger charge is -2.32. The van der Waals surface area contributed by atoms with Crippen molar-refractivity contribution in [3.8, 4) is 11.5 Å². The summed E-state index contributed by atoms with van der Waals surface area (Å²) in [5, 5.41) is 0. The van der Waals surface area contributed by atoms with Crippen molar-refractivity contribution in [3.63, 3.8) is 0 Å². The Morgan fingerprint density at radius 2 is 1.76 bits per heavy atom. The zero-order valence-corrected chi connectivity index (χ0v) is 11.6. The highest BCUT2D eigenvalue weighted by Crippen LogP contribution is 2.49. The summed E-state index contributed by atoms with van der Waals surface area (Å²) in [6, 6.07) is 26.3. The fourth-order valence-corrected chi connectivity index (χ4v) is 2.60. The van der Waals surface area contributed by atoms with Gasteiger partial charge < -0.3 is 4.74 Å². The zero-order chi connectivity index (χ0) is 14.2. The van der Waals surface area contributed by atoms with Gasteiger partial charge in [-0.05, 0) is 55.0 Å². The molecular formula is C19H13NO. The lowest BCUT2D eigenvalue weighted by Crippen LogP contribution is -2.15. The molecule has 0 amide bonds. The van der Waals surface area contributed by atoms with Crippen molar-refractivity contribution in [2.75, 3.05) is 4.90 Å². The molecule has 0 N–H and O–H groups in total. The molecule has 0 spiro atoms. The predicted octanol–water partition coefficient (Wildman–Crippen LogP) is 5.17. The molecule has 0 atom stereocenters. The normalized spacial score (nSPS) is 12.0. The first kappa shape index (κ1) is 11.9. The third-order valence-electron chi connectivity index (χ3n) is 3.56. The van der Waals surface area contributed by atoms with Crippen LogP contribution in [0.1, 0.15) is 5.56 Å². The van der Waals surface area contributed by atoms with Gasteiger partial charge in [0.1, 0.15) is 0 Å². The molecule has 3 aromatic carbocycles. The van der Waals surface area contributed by atoms with Gasteiger partial charge in [-0.15, -0.1) is 0 Å². The molecule has 4 rings (SSSR count). The largest absolute Gasteiger partial charge is 0.453 e. The van der Waals surface area contributed by atoms with Gasteiger partial charge in [-0.3, -0.25) is 4.90 Å². The number of hydrogen-bond donors (Lipinski definition) is 0. The van der Waals surface area contributed by atoms with E-state index in [1.54, 1.807) is 0 Å². The van der Waals surface area contributed by atoms with E-state index in [9.17, 15) is 0 Å². The Morgan fingerprint density at radius 3 is 2.62 bits per heavy atom. The van der Waals surface area contributed by atoms with Gasteiger partial charge in [0.2, 0.25) is 0 Å². The summed E-state index contributed by atoms with van der Waals surface area (Å²) in [6.07, 6.45) is 0. The Morgan fingerprint density at radius 1 is 0.905 bits per heavy atom. The molecule has 1 aliphatic rings. The van der Waals surface area contributed by atoms with Crippen molar-refractivity contribution >= 4 is 17.1 Å². The Kier molecular flexibility index (Phi) is 2.58. The summed E-state index contributed by atoms with van der Waals surface area (Å²) in [7, 11) is 0. The van der Waals surface area contributed by atoms with Gasteiger partial charge in [0.25, 0.3) is 0 Å². The monoisotopic (exact) mass is 271 g/mol. The zero-order valence-electron chi connectivity index (χ0n) is 11.6. The lowest BCUT2D eigenvalue weighted by molar-refractivity contribution is 0.476. The Labute approximate surface area is 124 Å².